The number of hydrogen-bond acceptors (Lipinski definition) is 8. The van der Waals surface area contributed by atoms with Gasteiger partial charge in [-0.3, -0.25) is 9.52 Å². The highest BCUT2D eigenvalue weighted by molar-refractivity contribution is 7.92. The quantitative estimate of drug-likeness (QED) is 0.599. The molecule has 0 bridgehead atoms. The Hall–Kier alpha value is -2.82. The number of aliphatic hydroxyl groups is 1. The van der Waals surface area contributed by atoms with Crippen molar-refractivity contribution in [2.24, 2.45) is 0 Å². The summed E-state index contributed by atoms with van der Waals surface area (Å²) in [6, 6.07) is 11.2. The summed E-state index contributed by atoms with van der Waals surface area (Å²) in [5.74, 6) is 0.480. The summed E-state index contributed by atoms with van der Waals surface area (Å²) in [5.41, 5.74) is 1.19. The lowest BCUT2D eigenvalue weighted by Gasteiger charge is -2.36. The average Bonchev–Trinajstić information content (AvgIpc) is 3.16. The van der Waals surface area contributed by atoms with Crippen molar-refractivity contribution in [2.45, 2.75) is 42.0 Å². The molecule has 10 heteroatoms. The highest BCUT2D eigenvalue weighted by atomic mass is 32.2. The summed E-state index contributed by atoms with van der Waals surface area (Å²) in [6.45, 7) is -0.262. The van der Waals surface area contributed by atoms with E-state index in [0.717, 1.165) is 5.56 Å². The third-order valence-corrected chi connectivity index (χ3v) is 7.10. The maximum atomic E-state index is 12.9. The minimum Gasteiger partial charge on any atom is -0.497 e. The molecule has 1 fully saturated rings. The van der Waals surface area contributed by atoms with Gasteiger partial charge in [-0.05, 0) is 36.8 Å². The van der Waals surface area contributed by atoms with Crippen LogP contribution >= 0.6 is 0 Å². The number of anilines is 1. The summed E-state index contributed by atoms with van der Waals surface area (Å²) in [6.07, 6.45) is -0.919. The molecule has 1 unspecified atom stereocenters. The van der Waals surface area contributed by atoms with Gasteiger partial charge in [-0.25, -0.2) is 8.42 Å². The Kier molecular flexibility index (Phi) is 6.27. The number of esters is 1. The molecule has 0 saturated carbocycles. The lowest BCUT2D eigenvalue weighted by molar-refractivity contribution is -0.156. The summed E-state index contributed by atoms with van der Waals surface area (Å²) < 4.78 is 50.0. The second-order valence-corrected chi connectivity index (χ2v) is 9.40. The Morgan fingerprint density at radius 2 is 2.03 bits per heavy atom. The van der Waals surface area contributed by atoms with Gasteiger partial charge in [0, 0.05) is 23.2 Å². The zero-order valence-corrected chi connectivity index (χ0v) is 18.5. The molecule has 0 amide bonds. The van der Waals surface area contributed by atoms with E-state index in [0.29, 0.717) is 23.6 Å². The normalized spacial score (nSPS) is 24.1. The van der Waals surface area contributed by atoms with Crippen molar-refractivity contribution in [2.75, 3.05) is 25.5 Å². The predicted octanol–water partition coefficient (Wildman–Crippen LogP) is 2.05. The van der Waals surface area contributed by atoms with Gasteiger partial charge in [0.05, 0.1) is 38.2 Å². The fourth-order valence-corrected chi connectivity index (χ4v) is 5.29. The molecule has 4 atom stereocenters. The van der Waals surface area contributed by atoms with E-state index in [2.05, 4.69) is 4.72 Å². The number of nitrogens with one attached hydrogen (secondary N) is 1. The van der Waals surface area contributed by atoms with Crippen LogP contribution in [-0.4, -0.2) is 58.6 Å². The molecular weight excluding hydrogens is 438 g/mol. The molecule has 1 saturated heterocycles. The van der Waals surface area contributed by atoms with E-state index >= 15 is 0 Å². The van der Waals surface area contributed by atoms with Gasteiger partial charge in [0.2, 0.25) is 0 Å². The van der Waals surface area contributed by atoms with Gasteiger partial charge in [0.1, 0.15) is 23.7 Å². The van der Waals surface area contributed by atoms with Gasteiger partial charge in [-0.1, -0.05) is 6.07 Å². The lowest BCUT2D eigenvalue weighted by Crippen LogP contribution is -2.46. The van der Waals surface area contributed by atoms with E-state index in [4.69, 9.17) is 18.9 Å². The number of rotatable bonds is 7. The zero-order valence-electron chi connectivity index (χ0n) is 17.7. The molecule has 0 aliphatic carbocycles. The highest BCUT2D eigenvalue weighted by Crippen LogP contribution is 2.47. The van der Waals surface area contributed by atoms with Crippen LogP contribution in [0.2, 0.25) is 0 Å². The van der Waals surface area contributed by atoms with Crippen LogP contribution in [0.5, 0.6) is 11.5 Å². The highest BCUT2D eigenvalue weighted by Gasteiger charge is 2.46. The van der Waals surface area contributed by atoms with E-state index in [1.165, 1.54) is 26.4 Å². The molecule has 2 aromatic carbocycles. The molecule has 0 radical (unpaired) electrons. The fraction of sp³-hybridized carbons (Fsp3) is 0.409. The fourth-order valence-electron chi connectivity index (χ4n) is 4.20. The number of benzene rings is 2. The smallest absolute Gasteiger partial charge is 0.308 e. The molecule has 2 aromatic rings. The molecule has 2 heterocycles. The van der Waals surface area contributed by atoms with Crippen molar-refractivity contribution in [1.82, 2.24) is 0 Å². The maximum absolute atomic E-state index is 12.9. The van der Waals surface area contributed by atoms with E-state index in [1.54, 1.807) is 30.3 Å². The molecule has 2 N–H and O–H groups in total. The minimum absolute atomic E-state index is 0.0632. The average molecular weight is 464 g/mol. The largest absolute Gasteiger partial charge is 0.497 e. The summed E-state index contributed by atoms with van der Waals surface area (Å²) >= 11 is 0. The minimum atomic E-state index is -3.83. The monoisotopic (exact) mass is 463 g/mol. The number of sulfonamides is 1. The lowest BCUT2D eigenvalue weighted by atomic mass is 9.84. The molecule has 0 spiro atoms. The van der Waals surface area contributed by atoms with Crippen LogP contribution in [0.15, 0.2) is 47.4 Å². The number of carbonyl (C=O) groups is 1. The first-order valence-corrected chi connectivity index (χ1v) is 11.6. The van der Waals surface area contributed by atoms with Crippen LogP contribution in [0.1, 0.15) is 24.3 Å². The molecule has 4 rings (SSSR count). The molecule has 2 aliphatic rings. The Balaban J connectivity index is 1.58. The second kappa shape index (κ2) is 8.97. The summed E-state index contributed by atoms with van der Waals surface area (Å²) in [5, 5.41) is 9.78. The number of fused-ring (bicyclic) bond motifs is 3. The number of carbonyl (C=O) groups excluding carboxylic acids is 1. The SMILES string of the molecule is COC(=O)C[C@H]1CC2c3cc(NS(=O)(=O)c4cccc(OC)c4)ccc3O[C@H]2[C@@H](CO)O1. The first-order chi connectivity index (χ1) is 15.3. The molecule has 0 aromatic heterocycles. The van der Waals surface area contributed by atoms with Crippen molar-refractivity contribution in [3.05, 3.63) is 48.0 Å². The van der Waals surface area contributed by atoms with E-state index < -0.39 is 34.3 Å². The van der Waals surface area contributed by atoms with Gasteiger partial charge in [0.25, 0.3) is 10.0 Å². The number of aliphatic hydroxyl groups excluding tert-OH is 1. The number of hydrogen-bond donors (Lipinski definition) is 2. The topological polar surface area (TPSA) is 120 Å². The molecule has 32 heavy (non-hydrogen) atoms. The van der Waals surface area contributed by atoms with Gasteiger partial charge >= 0.3 is 5.97 Å². The molecule has 2 aliphatic heterocycles. The zero-order chi connectivity index (χ0) is 22.9. The molecule has 172 valence electrons. The second-order valence-electron chi connectivity index (χ2n) is 7.72. The maximum Gasteiger partial charge on any atom is 0.308 e. The van der Waals surface area contributed by atoms with Crippen molar-refractivity contribution in [1.29, 1.82) is 0 Å². The molecular formula is C22H25NO8S. The third-order valence-electron chi connectivity index (χ3n) is 5.73. The van der Waals surface area contributed by atoms with Crippen molar-refractivity contribution in [3.8, 4) is 11.5 Å². The van der Waals surface area contributed by atoms with Crippen molar-refractivity contribution >= 4 is 21.7 Å². The van der Waals surface area contributed by atoms with E-state index in [9.17, 15) is 18.3 Å². The van der Waals surface area contributed by atoms with Crippen LogP contribution in [-0.2, 0) is 24.3 Å². The first kappa shape index (κ1) is 22.4. The Labute approximate surface area is 186 Å². The summed E-state index contributed by atoms with van der Waals surface area (Å²) in [7, 11) is -1.05. The van der Waals surface area contributed by atoms with Gasteiger partial charge in [-0.2, -0.15) is 0 Å². The van der Waals surface area contributed by atoms with Crippen LogP contribution in [0.25, 0.3) is 0 Å². The van der Waals surface area contributed by atoms with E-state index in [1.807, 2.05) is 0 Å². The predicted molar refractivity (Wildman–Crippen MR) is 114 cm³/mol. The van der Waals surface area contributed by atoms with Gasteiger partial charge in [-0.15, -0.1) is 0 Å². The van der Waals surface area contributed by atoms with Crippen molar-refractivity contribution < 1.29 is 37.3 Å². The Morgan fingerprint density at radius 3 is 2.75 bits per heavy atom. The Bertz CT molecular complexity index is 1100. The van der Waals surface area contributed by atoms with Crippen LogP contribution in [0.3, 0.4) is 0 Å². The van der Waals surface area contributed by atoms with Crippen LogP contribution in [0.4, 0.5) is 5.69 Å². The number of ether oxygens (including phenoxy) is 4. The van der Waals surface area contributed by atoms with Gasteiger partial charge in [0.15, 0.2) is 0 Å². The van der Waals surface area contributed by atoms with Crippen LogP contribution < -0.4 is 14.2 Å². The van der Waals surface area contributed by atoms with Gasteiger partial charge < -0.3 is 24.1 Å². The van der Waals surface area contributed by atoms with E-state index in [-0.39, 0.29) is 23.8 Å². The van der Waals surface area contributed by atoms with Crippen LogP contribution in [0, 0.1) is 0 Å². The first-order valence-electron chi connectivity index (χ1n) is 10.1. The number of methoxy groups -OCH3 is 2. The third kappa shape index (κ3) is 4.38. The standard InChI is InChI=1S/C22H25NO8S/c1-28-14-4-3-5-16(9-14)32(26,27)23-13-6-7-19-17(8-13)18-10-15(11-21(25)29-2)30-20(12-24)22(18)31-19/h3-9,15,18,20,22-24H,10-12H2,1-2H3/t15-,18?,20-,22-/m1/s1. The Morgan fingerprint density at radius 1 is 1.22 bits per heavy atom. The van der Waals surface area contributed by atoms with Crippen molar-refractivity contribution in [3.63, 3.8) is 0 Å². The molecule has 9 nitrogen and oxygen atoms in total. The summed E-state index contributed by atoms with van der Waals surface area (Å²) in [4.78, 5) is 11.8.